The molecule has 22 heavy (non-hydrogen) atoms. The van der Waals surface area contributed by atoms with Crippen LogP contribution in [0.5, 0.6) is 0 Å². The van der Waals surface area contributed by atoms with E-state index in [2.05, 4.69) is 4.98 Å². The zero-order valence-electron chi connectivity index (χ0n) is 11.6. The Morgan fingerprint density at radius 3 is 1.73 bits per heavy atom. The summed E-state index contributed by atoms with van der Waals surface area (Å²) >= 11 is 6.10. The van der Waals surface area contributed by atoms with Gasteiger partial charge in [-0.3, -0.25) is 4.98 Å². The van der Waals surface area contributed by atoms with E-state index in [1.807, 2.05) is 0 Å². The molecule has 0 N–H and O–H groups in total. The van der Waals surface area contributed by atoms with Crippen LogP contribution < -0.4 is 0 Å². The van der Waals surface area contributed by atoms with E-state index in [1.54, 1.807) is 36.7 Å². The molecule has 1 aromatic heterocycles. The first kappa shape index (κ1) is 14.7. The van der Waals surface area contributed by atoms with Crippen molar-refractivity contribution in [2.75, 3.05) is 0 Å². The molecule has 0 spiro atoms. The van der Waals surface area contributed by atoms with E-state index >= 15 is 0 Å². The van der Waals surface area contributed by atoms with Crippen molar-refractivity contribution < 1.29 is 8.78 Å². The Balaban J connectivity index is 2.20. The maximum Gasteiger partial charge on any atom is 0.123 e. The summed E-state index contributed by atoms with van der Waals surface area (Å²) in [5.41, 5.74) is 3.68. The highest BCUT2D eigenvalue weighted by Gasteiger charge is 2.12. The van der Waals surface area contributed by atoms with Crippen molar-refractivity contribution in [3.8, 4) is 22.3 Å². The van der Waals surface area contributed by atoms with Gasteiger partial charge in [-0.15, -0.1) is 11.6 Å². The summed E-state index contributed by atoms with van der Waals surface area (Å²) in [7, 11) is 0. The number of nitrogens with zero attached hydrogens (tertiary/aromatic N) is 1. The largest absolute Gasteiger partial charge is 0.263 e. The van der Waals surface area contributed by atoms with Crippen LogP contribution in [0.1, 0.15) is 5.56 Å². The number of aromatic nitrogens is 1. The van der Waals surface area contributed by atoms with Crippen LogP contribution in [0.15, 0.2) is 60.9 Å². The molecule has 0 aliphatic heterocycles. The average molecular weight is 316 g/mol. The Labute approximate surface area is 132 Å². The van der Waals surface area contributed by atoms with Gasteiger partial charge < -0.3 is 0 Å². The molecule has 0 bridgehead atoms. The third-order valence-corrected chi connectivity index (χ3v) is 3.73. The van der Waals surface area contributed by atoms with Crippen molar-refractivity contribution >= 4 is 11.6 Å². The normalized spacial score (nSPS) is 10.7. The maximum absolute atomic E-state index is 13.5. The molecule has 0 atom stereocenters. The fraction of sp³-hybridized carbons (Fsp3) is 0.0556. The smallest absolute Gasteiger partial charge is 0.123 e. The van der Waals surface area contributed by atoms with Crippen molar-refractivity contribution in [3.63, 3.8) is 0 Å². The standard InChI is InChI=1S/C18H12ClF2N/c19-9-16-17(12-3-1-5-14(20)7-12)10-22-11-18(16)13-4-2-6-15(21)8-13/h1-8,10-11H,9H2. The zero-order valence-corrected chi connectivity index (χ0v) is 12.3. The first-order chi connectivity index (χ1) is 10.7. The summed E-state index contributed by atoms with van der Waals surface area (Å²) in [5.74, 6) is -0.427. The monoisotopic (exact) mass is 315 g/mol. The first-order valence-electron chi connectivity index (χ1n) is 6.74. The molecule has 3 aromatic rings. The number of alkyl halides is 1. The molecule has 0 aliphatic carbocycles. The third-order valence-electron chi connectivity index (χ3n) is 3.46. The fourth-order valence-electron chi connectivity index (χ4n) is 2.44. The number of benzene rings is 2. The predicted molar refractivity (Wildman–Crippen MR) is 84.6 cm³/mol. The van der Waals surface area contributed by atoms with Crippen LogP contribution in [0.25, 0.3) is 22.3 Å². The lowest BCUT2D eigenvalue weighted by Gasteiger charge is -2.13. The van der Waals surface area contributed by atoms with E-state index in [0.29, 0.717) is 11.1 Å². The van der Waals surface area contributed by atoms with Gasteiger partial charge in [0.2, 0.25) is 0 Å². The molecule has 0 fully saturated rings. The van der Waals surface area contributed by atoms with Crippen LogP contribution in [-0.4, -0.2) is 4.98 Å². The molecule has 110 valence electrons. The quantitative estimate of drug-likeness (QED) is 0.587. The predicted octanol–water partition coefficient (Wildman–Crippen LogP) is 5.43. The number of pyridine rings is 1. The average Bonchev–Trinajstić information content (AvgIpc) is 2.54. The minimum absolute atomic E-state index is 0.222. The molecule has 0 aliphatic rings. The van der Waals surface area contributed by atoms with Gasteiger partial charge in [-0.25, -0.2) is 8.78 Å². The Hall–Kier alpha value is -2.26. The zero-order chi connectivity index (χ0) is 15.5. The highest BCUT2D eigenvalue weighted by atomic mass is 35.5. The Bertz CT molecular complexity index is 754. The molecule has 0 radical (unpaired) electrons. The summed E-state index contributed by atoms with van der Waals surface area (Å²) in [6.07, 6.45) is 3.30. The van der Waals surface area contributed by atoms with Crippen molar-refractivity contribution in [1.82, 2.24) is 4.98 Å². The van der Waals surface area contributed by atoms with E-state index in [0.717, 1.165) is 16.7 Å². The minimum atomic E-state index is -0.325. The van der Waals surface area contributed by atoms with Gasteiger partial charge in [-0.05, 0) is 41.0 Å². The molecule has 0 amide bonds. The molecule has 0 saturated carbocycles. The van der Waals surface area contributed by atoms with Gasteiger partial charge in [-0.2, -0.15) is 0 Å². The van der Waals surface area contributed by atoms with E-state index in [-0.39, 0.29) is 17.5 Å². The third kappa shape index (κ3) is 2.85. The molecule has 4 heteroatoms. The second-order valence-electron chi connectivity index (χ2n) is 4.87. The van der Waals surface area contributed by atoms with Crippen LogP contribution >= 0.6 is 11.6 Å². The summed E-state index contributed by atoms with van der Waals surface area (Å²) in [5, 5.41) is 0. The first-order valence-corrected chi connectivity index (χ1v) is 7.27. The number of rotatable bonds is 3. The van der Waals surface area contributed by atoms with Gasteiger partial charge >= 0.3 is 0 Å². The Kier molecular flexibility index (Phi) is 4.16. The van der Waals surface area contributed by atoms with Gasteiger partial charge in [-0.1, -0.05) is 24.3 Å². The summed E-state index contributed by atoms with van der Waals surface area (Å²) in [4.78, 5) is 4.20. The number of hydrogen-bond acceptors (Lipinski definition) is 1. The summed E-state index contributed by atoms with van der Waals surface area (Å²) < 4.78 is 26.9. The van der Waals surface area contributed by atoms with Crippen molar-refractivity contribution in [3.05, 3.63) is 78.1 Å². The summed E-state index contributed by atoms with van der Waals surface area (Å²) in [6.45, 7) is 0. The lowest BCUT2D eigenvalue weighted by atomic mass is 9.95. The molecule has 2 aromatic carbocycles. The molecular weight excluding hydrogens is 304 g/mol. The lowest BCUT2D eigenvalue weighted by Crippen LogP contribution is -1.94. The molecule has 0 unspecified atom stereocenters. The highest BCUT2D eigenvalue weighted by molar-refractivity contribution is 6.18. The summed E-state index contributed by atoms with van der Waals surface area (Å²) in [6, 6.07) is 12.5. The topological polar surface area (TPSA) is 12.9 Å². The van der Waals surface area contributed by atoms with Crippen LogP contribution in [0.3, 0.4) is 0 Å². The van der Waals surface area contributed by atoms with E-state index in [1.165, 1.54) is 24.3 Å². The minimum Gasteiger partial charge on any atom is -0.263 e. The van der Waals surface area contributed by atoms with Crippen LogP contribution in [0, 0.1) is 11.6 Å². The van der Waals surface area contributed by atoms with Gasteiger partial charge in [0, 0.05) is 29.4 Å². The van der Waals surface area contributed by atoms with Crippen LogP contribution in [-0.2, 0) is 5.88 Å². The van der Waals surface area contributed by atoms with Crippen molar-refractivity contribution in [2.45, 2.75) is 5.88 Å². The van der Waals surface area contributed by atoms with Crippen LogP contribution in [0.4, 0.5) is 8.78 Å². The molecular formula is C18H12ClF2N. The van der Waals surface area contributed by atoms with Crippen molar-refractivity contribution in [1.29, 1.82) is 0 Å². The van der Waals surface area contributed by atoms with E-state index < -0.39 is 0 Å². The maximum atomic E-state index is 13.5. The lowest BCUT2D eigenvalue weighted by molar-refractivity contribution is 0.628. The van der Waals surface area contributed by atoms with Gasteiger partial charge in [0.05, 0.1) is 0 Å². The number of halogens is 3. The second kappa shape index (κ2) is 6.24. The van der Waals surface area contributed by atoms with Crippen LogP contribution in [0.2, 0.25) is 0 Å². The van der Waals surface area contributed by atoms with Gasteiger partial charge in [0.15, 0.2) is 0 Å². The SMILES string of the molecule is Fc1cccc(-c2cncc(-c3cccc(F)c3)c2CCl)c1. The fourth-order valence-corrected chi connectivity index (χ4v) is 2.73. The molecule has 1 heterocycles. The Morgan fingerprint density at radius 2 is 1.32 bits per heavy atom. The van der Waals surface area contributed by atoms with Crippen molar-refractivity contribution in [2.24, 2.45) is 0 Å². The highest BCUT2D eigenvalue weighted by Crippen LogP contribution is 2.33. The van der Waals surface area contributed by atoms with Gasteiger partial charge in [0.25, 0.3) is 0 Å². The number of hydrogen-bond donors (Lipinski definition) is 0. The Morgan fingerprint density at radius 1 is 0.818 bits per heavy atom. The molecule has 1 nitrogen and oxygen atoms in total. The molecule has 3 rings (SSSR count). The second-order valence-corrected chi connectivity index (χ2v) is 5.13. The van der Waals surface area contributed by atoms with E-state index in [4.69, 9.17) is 11.6 Å². The van der Waals surface area contributed by atoms with Gasteiger partial charge in [0.1, 0.15) is 11.6 Å². The van der Waals surface area contributed by atoms with E-state index in [9.17, 15) is 8.78 Å². The molecule has 0 saturated heterocycles.